The molecule has 0 aliphatic carbocycles. The lowest BCUT2D eigenvalue weighted by molar-refractivity contribution is -0.399. The number of benzene rings is 1. The molecule has 9 heteroatoms. The van der Waals surface area contributed by atoms with E-state index in [-0.39, 0.29) is 30.1 Å². The normalized spacial score (nSPS) is 13.9. The minimum Gasteiger partial charge on any atom is -0.331 e. The summed E-state index contributed by atoms with van der Waals surface area (Å²) in [5.41, 5.74) is -2.50. The molecule has 1 rings (SSSR count). The molecule has 0 bridgehead atoms. The maximum absolute atomic E-state index is 13.1. The molecule has 0 saturated heterocycles. The van der Waals surface area contributed by atoms with Crippen molar-refractivity contribution in [2.75, 3.05) is 14.2 Å². The van der Waals surface area contributed by atoms with Gasteiger partial charge in [0.05, 0.1) is 17.2 Å². The average molecular weight is 543 g/mol. The highest BCUT2D eigenvalue weighted by Crippen LogP contribution is 2.37. The molecule has 0 aliphatic rings. The van der Waals surface area contributed by atoms with Crippen LogP contribution in [-0.2, 0) is 33.0 Å². The van der Waals surface area contributed by atoms with Crippen LogP contribution < -0.4 is 0 Å². The van der Waals surface area contributed by atoms with Crippen molar-refractivity contribution >= 4 is 0 Å². The first kappa shape index (κ1) is 33.7. The van der Waals surface area contributed by atoms with Crippen molar-refractivity contribution in [3.63, 3.8) is 0 Å². The van der Waals surface area contributed by atoms with Crippen molar-refractivity contribution in [3.05, 3.63) is 34.9 Å². The molecule has 37 heavy (non-hydrogen) atoms. The van der Waals surface area contributed by atoms with Gasteiger partial charge >= 0.3 is 12.4 Å². The third-order valence-electron chi connectivity index (χ3n) is 6.54. The van der Waals surface area contributed by atoms with Gasteiger partial charge in [0.1, 0.15) is 0 Å². The molecule has 216 valence electrons. The van der Waals surface area contributed by atoms with Gasteiger partial charge in [0.2, 0.25) is 0 Å². The fourth-order valence-corrected chi connectivity index (χ4v) is 4.67. The second-order valence-corrected chi connectivity index (χ2v) is 9.95. The Morgan fingerprint density at radius 2 is 1.14 bits per heavy atom. The molecule has 3 nitrogen and oxygen atoms in total. The number of methoxy groups -OCH3 is 2. The van der Waals surface area contributed by atoms with Gasteiger partial charge in [0.15, 0.2) is 0 Å². The zero-order valence-electron chi connectivity index (χ0n) is 22.9. The Hall–Kier alpha value is -1.32. The Labute approximate surface area is 218 Å². The van der Waals surface area contributed by atoms with Crippen LogP contribution in [-0.4, -0.2) is 26.3 Å². The third-order valence-corrected chi connectivity index (χ3v) is 6.54. The van der Waals surface area contributed by atoms with E-state index >= 15 is 0 Å². The minimum absolute atomic E-state index is 0.0389. The first-order valence-electron chi connectivity index (χ1n) is 13.4. The summed E-state index contributed by atoms with van der Waals surface area (Å²) in [5, 5.41) is 0. The van der Waals surface area contributed by atoms with Crippen molar-refractivity contribution in [2.24, 2.45) is 5.92 Å². The summed E-state index contributed by atoms with van der Waals surface area (Å²) in [6, 6.07) is 1.79. The number of alkyl halides is 6. The quantitative estimate of drug-likeness (QED) is 0.105. The number of ether oxygens (including phenoxy) is 3. The topological polar surface area (TPSA) is 27.7 Å². The predicted molar refractivity (Wildman–Crippen MR) is 133 cm³/mol. The molecule has 0 aliphatic heterocycles. The number of hydrogen-bond donors (Lipinski definition) is 0. The molecular formula is C28H44F6O3. The van der Waals surface area contributed by atoms with Crippen LogP contribution in [0.2, 0.25) is 0 Å². The Balaban J connectivity index is 2.80. The Bertz CT molecular complexity index is 725. The molecule has 1 aromatic carbocycles. The first-order valence-corrected chi connectivity index (χ1v) is 13.4. The molecule has 0 fully saturated rings. The van der Waals surface area contributed by atoms with Crippen molar-refractivity contribution < 1.29 is 40.6 Å². The van der Waals surface area contributed by atoms with Crippen LogP contribution in [0.4, 0.5) is 26.3 Å². The van der Waals surface area contributed by atoms with Gasteiger partial charge in [-0.1, -0.05) is 58.3 Å². The van der Waals surface area contributed by atoms with Crippen LogP contribution in [0.3, 0.4) is 0 Å². The number of hydrogen-bond acceptors (Lipinski definition) is 3. The van der Waals surface area contributed by atoms with Gasteiger partial charge in [-0.3, -0.25) is 0 Å². The summed E-state index contributed by atoms with van der Waals surface area (Å²) >= 11 is 0. The van der Waals surface area contributed by atoms with Crippen LogP contribution >= 0.6 is 0 Å². The van der Waals surface area contributed by atoms with Crippen molar-refractivity contribution in [1.29, 1.82) is 0 Å². The van der Waals surface area contributed by atoms with E-state index in [0.29, 0.717) is 19.3 Å². The Morgan fingerprint density at radius 1 is 0.676 bits per heavy atom. The van der Waals surface area contributed by atoms with Gasteiger partial charge in [-0.05, 0) is 63.3 Å². The number of rotatable bonds is 18. The number of halogens is 6. The first-order chi connectivity index (χ1) is 17.3. The summed E-state index contributed by atoms with van der Waals surface area (Å²) < 4.78 is 96.2. The molecule has 1 atom stereocenters. The van der Waals surface area contributed by atoms with E-state index in [1.165, 1.54) is 19.3 Å². The average Bonchev–Trinajstić information content (AvgIpc) is 2.81. The second kappa shape index (κ2) is 15.9. The largest absolute Gasteiger partial charge is 0.416 e. The van der Waals surface area contributed by atoms with Gasteiger partial charge in [0.25, 0.3) is 5.97 Å². The molecule has 0 heterocycles. The lowest BCUT2D eigenvalue weighted by Gasteiger charge is -2.39. The van der Waals surface area contributed by atoms with E-state index in [1.807, 2.05) is 13.8 Å². The van der Waals surface area contributed by atoms with Crippen LogP contribution in [0.5, 0.6) is 0 Å². The van der Waals surface area contributed by atoms with Crippen molar-refractivity contribution in [3.8, 4) is 0 Å². The maximum atomic E-state index is 13.1. The molecule has 0 radical (unpaired) electrons. The monoisotopic (exact) mass is 542 g/mol. The Morgan fingerprint density at radius 3 is 1.57 bits per heavy atom. The van der Waals surface area contributed by atoms with Crippen LogP contribution in [0.15, 0.2) is 18.2 Å². The van der Waals surface area contributed by atoms with Crippen LogP contribution in [0, 0.1) is 5.92 Å². The number of unbranched alkanes of at least 4 members (excludes halogenated alkanes) is 7. The van der Waals surface area contributed by atoms with E-state index in [0.717, 1.165) is 44.2 Å². The molecule has 0 spiro atoms. The molecule has 0 aromatic heterocycles. The summed E-state index contributed by atoms with van der Waals surface area (Å²) in [5.74, 6) is -1.25. The van der Waals surface area contributed by atoms with Crippen LogP contribution in [0.1, 0.15) is 108 Å². The zero-order valence-corrected chi connectivity index (χ0v) is 22.9. The summed E-state index contributed by atoms with van der Waals surface area (Å²) in [6.07, 6.45) is 0.584. The smallest absolute Gasteiger partial charge is 0.331 e. The minimum atomic E-state index is -4.83. The highest BCUT2D eigenvalue weighted by atomic mass is 19.4. The molecule has 0 amide bonds. The van der Waals surface area contributed by atoms with E-state index in [2.05, 4.69) is 6.92 Å². The van der Waals surface area contributed by atoms with Gasteiger partial charge < -0.3 is 14.2 Å². The van der Waals surface area contributed by atoms with Crippen molar-refractivity contribution in [1.82, 2.24) is 0 Å². The highest BCUT2D eigenvalue weighted by Gasteiger charge is 2.41. The summed E-state index contributed by atoms with van der Waals surface area (Å²) in [4.78, 5) is 0. The SMILES string of the molecule is CCCCCCCCC(CCCCCc1cc(C(F)(F)F)cc(C(F)(F)F)c1)C(OC)(OC)OC(C)C. The standard InChI is InChI=1S/C28H44F6O3/c1-6-7-8-9-10-13-16-23(28(35-4,36-5)37-21(2)3)17-14-11-12-15-22-18-24(26(29,30)31)20-25(19-22)27(32,33)34/h18-21,23H,6-17H2,1-5H3. The molecule has 1 aromatic rings. The number of aryl methyl sites for hydroxylation is 1. The molecule has 0 N–H and O–H groups in total. The van der Waals surface area contributed by atoms with Crippen LogP contribution in [0.25, 0.3) is 0 Å². The lowest BCUT2D eigenvalue weighted by Crippen LogP contribution is -2.46. The van der Waals surface area contributed by atoms with Crippen molar-refractivity contribution in [2.45, 2.75) is 122 Å². The van der Waals surface area contributed by atoms with Gasteiger partial charge in [-0.15, -0.1) is 0 Å². The van der Waals surface area contributed by atoms with Gasteiger partial charge in [0, 0.05) is 20.1 Å². The predicted octanol–water partition coefficient (Wildman–Crippen LogP) is 9.57. The van der Waals surface area contributed by atoms with E-state index in [4.69, 9.17) is 14.2 Å². The third kappa shape index (κ3) is 11.9. The van der Waals surface area contributed by atoms with E-state index in [9.17, 15) is 26.3 Å². The molecular weight excluding hydrogens is 498 g/mol. The van der Waals surface area contributed by atoms with E-state index in [1.54, 1.807) is 14.2 Å². The fourth-order valence-electron chi connectivity index (χ4n) is 4.67. The van der Waals surface area contributed by atoms with Gasteiger partial charge in [-0.25, -0.2) is 0 Å². The highest BCUT2D eigenvalue weighted by molar-refractivity contribution is 5.33. The fraction of sp³-hybridized carbons (Fsp3) is 0.786. The molecule has 0 saturated carbocycles. The maximum Gasteiger partial charge on any atom is 0.416 e. The lowest BCUT2D eigenvalue weighted by atomic mass is 9.91. The second-order valence-electron chi connectivity index (χ2n) is 9.95. The van der Waals surface area contributed by atoms with E-state index < -0.39 is 29.5 Å². The summed E-state index contributed by atoms with van der Waals surface area (Å²) in [7, 11) is 3.10. The Kier molecular flexibility index (Phi) is 14.5. The molecule has 1 unspecified atom stereocenters. The summed E-state index contributed by atoms with van der Waals surface area (Å²) in [6.45, 7) is 5.98. The zero-order chi connectivity index (χ0) is 28.1. The van der Waals surface area contributed by atoms with Gasteiger partial charge in [-0.2, -0.15) is 26.3 Å².